The van der Waals surface area contributed by atoms with E-state index in [0.29, 0.717) is 5.69 Å². The second-order valence-corrected chi connectivity index (χ2v) is 7.47. The van der Waals surface area contributed by atoms with Crippen LogP contribution in [0.4, 0.5) is 10.1 Å². The molecule has 2 amide bonds. The molecule has 2 rings (SSSR count). The topological polar surface area (TPSA) is 97.5 Å². The molecule has 0 bridgehead atoms. The Morgan fingerprint density at radius 3 is 2.32 bits per heavy atom. The van der Waals surface area contributed by atoms with E-state index in [2.05, 4.69) is 0 Å². The van der Waals surface area contributed by atoms with Gasteiger partial charge in [0.2, 0.25) is 5.91 Å². The van der Waals surface area contributed by atoms with E-state index in [9.17, 15) is 22.4 Å². The zero-order valence-electron chi connectivity index (χ0n) is 13.5. The number of nitrogens with two attached hydrogens (primary N) is 1. The molecule has 0 heterocycles. The first kappa shape index (κ1) is 18.6. The lowest BCUT2D eigenvalue weighted by molar-refractivity contribution is -0.117. The molecule has 0 saturated carbocycles. The van der Waals surface area contributed by atoms with E-state index in [0.717, 1.165) is 6.26 Å². The summed E-state index contributed by atoms with van der Waals surface area (Å²) >= 11 is 0. The van der Waals surface area contributed by atoms with Gasteiger partial charge in [0.25, 0.3) is 5.91 Å². The van der Waals surface area contributed by atoms with Crippen molar-refractivity contribution in [1.29, 1.82) is 0 Å². The highest BCUT2D eigenvalue weighted by molar-refractivity contribution is 7.90. The Balaban J connectivity index is 2.41. The molecule has 0 aliphatic carbocycles. The van der Waals surface area contributed by atoms with E-state index in [1.165, 1.54) is 53.4 Å². The summed E-state index contributed by atoms with van der Waals surface area (Å²) in [6.07, 6.45) is 0.955. The summed E-state index contributed by atoms with van der Waals surface area (Å²) < 4.78 is 36.5. The number of amides is 2. The van der Waals surface area contributed by atoms with Crippen molar-refractivity contribution < 1.29 is 22.4 Å². The number of sulfone groups is 1. The molecule has 0 aliphatic heterocycles. The molecule has 2 N–H and O–H groups in total. The van der Waals surface area contributed by atoms with E-state index in [1.807, 2.05) is 0 Å². The lowest BCUT2D eigenvalue weighted by atomic mass is 10.1. The fourth-order valence-corrected chi connectivity index (χ4v) is 2.87. The zero-order chi connectivity index (χ0) is 18.6. The van der Waals surface area contributed by atoms with Gasteiger partial charge in [-0.15, -0.1) is 0 Å². The third-order valence-electron chi connectivity index (χ3n) is 3.47. The molecule has 0 unspecified atom stereocenters. The van der Waals surface area contributed by atoms with Gasteiger partial charge in [-0.05, 0) is 42.5 Å². The molecular weight excluding hydrogens is 347 g/mol. The summed E-state index contributed by atoms with van der Waals surface area (Å²) in [5, 5.41) is 0. The molecule has 0 spiro atoms. The highest BCUT2D eigenvalue weighted by atomic mass is 32.2. The summed E-state index contributed by atoms with van der Waals surface area (Å²) in [6, 6.07) is 10.7. The van der Waals surface area contributed by atoms with Gasteiger partial charge in [0.15, 0.2) is 9.84 Å². The van der Waals surface area contributed by atoms with Gasteiger partial charge < -0.3 is 10.6 Å². The molecule has 0 aliphatic rings. The normalized spacial score (nSPS) is 11.1. The minimum absolute atomic E-state index is 0.00677. The third kappa shape index (κ3) is 4.87. The molecule has 0 fully saturated rings. The monoisotopic (exact) mass is 364 g/mol. The number of halogens is 1. The highest BCUT2D eigenvalue weighted by Gasteiger charge is 2.20. The van der Waals surface area contributed by atoms with Crippen molar-refractivity contribution in [3.05, 3.63) is 59.9 Å². The van der Waals surface area contributed by atoms with Gasteiger partial charge in [0, 0.05) is 30.5 Å². The number of nitrogens with zero attached hydrogens (tertiary/aromatic N) is 1. The van der Waals surface area contributed by atoms with Gasteiger partial charge in [-0.2, -0.15) is 0 Å². The van der Waals surface area contributed by atoms with Crippen LogP contribution in [0, 0.1) is 5.82 Å². The van der Waals surface area contributed by atoms with Gasteiger partial charge in [0.05, 0.1) is 4.90 Å². The van der Waals surface area contributed by atoms with Crippen molar-refractivity contribution in [3.63, 3.8) is 0 Å². The standard InChI is InChI=1S/C17H17FN2O4S/c1-25(23,24)15-4-2-3-12(11-15)17(22)20(10-9-16(19)21)14-7-5-13(18)6-8-14/h2-8,11H,9-10H2,1H3,(H2,19,21). The van der Waals surface area contributed by atoms with Crippen LogP contribution < -0.4 is 10.6 Å². The fourth-order valence-electron chi connectivity index (χ4n) is 2.21. The number of hydrogen-bond acceptors (Lipinski definition) is 4. The quantitative estimate of drug-likeness (QED) is 0.844. The van der Waals surface area contributed by atoms with Gasteiger partial charge in [-0.3, -0.25) is 9.59 Å². The van der Waals surface area contributed by atoms with Crippen molar-refractivity contribution in [1.82, 2.24) is 0 Å². The molecule has 2 aromatic rings. The maximum absolute atomic E-state index is 13.1. The second-order valence-electron chi connectivity index (χ2n) is 5.45. The summed E-state index contributed by atoms with van der Waals surface area (Å²) in [4.78, 5) is 25.1. The average molecular weight is 364 g/mol. The van der Waals surface area contributed by atoms with Crippen molar-refractivity contribution in [3.8, 4) is 0 Å². The summed E-state index contributed by atoms with van der Waals surface area (Å²) in [5.74, 6) is -1.58. The van der Waals surface area contributed by atoms with Crippen LogP contribution in [-0.2, 0) is 14.6 Å². The number of anilines is 1. The highest BCUT2D eigenvalue weighted by Crippen LogP contribution is 2.20. The predicted molar refractivity (Wildman–Crippen MR) is 91.4 cm³/mol. The largest absolute Gasteiger partial charge is 0.370 e. The molecule has 0 atom stereocenters. The first-order valence-electron chi connectivity index (χ1n) is 7.34. The minimum Gasteiger partial charge on any atom is -0.370 e. The van der Waals surface area contributed by atoms with Crippen LogP contribution in [-0.4, -0.2) is 33.0 Å². The molecular formula is C17H17FN2O4S. The number of rotatable bonds is 6. The minimum atomic E-state index is -3.47. The average Bonchev–Trinajstić information content (AvgIpc) is 2.55. The van der Waals surface area contributed by atoms with Gasteiger partial charge in [0.1, 0.15) is 5.82 Å². The Bertz CT molecular complexity index is 895. The van der Waals surface area contributed by atoms with E-state index < -0.39 is 27.5 Å². The number of hydrogen-bond donors (Lipinski definition) is 1. The van der Waals surface area contributed by atoms with Crippen molar-refractivity contribution in [2.75, 3.05) is 17.7 Å². The third-order valence-corrected chi connectivity index (χ3v) is 4.58. The summed E-state index contributed by atoms with van der Waals surface area (Å²) in [6.45, 7) is -0.0110. The summed E-state index contributed by atoms with van der Waals surface area (Å²) in [7, 11) is -3.47. The molecule has 0 saturated heterocycles. The summed E-state index contributed by atoms with van der Waals surface area (Å²) in [5.41, 5.74) is 5.66. The lowest BCUT2D eigenvalue weighted by Gasteiger charge is -2.22. The van der Waals surface area contributed by atoms with E-state index in [-0.39, 0.29) is 23.4 Å². The number of primary amides is 1. The van der Waals surface area contributed by atoms with E-state index in [1.54, 1.807) is 0 Å². The van der Waals surface area contributed by atoms with E-state index >= 15 is 0 Å². The Morgan fingerprint density at radius 1 is 1.12 bits per heavy atom. The van der Waals surface area contributed by atoms with Crippen LogP contribution in [0.3, 0.4) is 0 Å². The van der Waals surface area contributed by atoms with Gasteiger partial charge >= 0.3 is 0 Å². The number of carbonyl (C=O) groups excluding carboxylic acids is 2. The molecule has 25 heavy (non-hydrogen) atoms. The SMILES string of the molecule is CS(=O)(=O)c1cccc(C(=O)N(CCC(N)=O)c2ccc(F)cc2)c1. The molecule has 0 radical (unpaired) electrons. The fraction of sp³-hybridized carbons (Fsp3) is 0.176. The second kappa shape index (κ2) is 7.43. The van der Waals surface area contributed by atoms with Gasteiger partial charge in [-0.1, -0.05) is 6.07 Å². The van der Waals surface area contributed by atoms with Crippen LogP contribution >= 0.6 is 0 Å². The molecule has 2 aromatic carbocycles. The van der Waals surface area contributed by atoms with Crippen molar-refractivity contribution >= 4 is 27.3 Å². The number of carbonyl (C=O) groups is 2. The van der Waals surface area contributed by atoms with Crippen molar-refractivity contribution in [2.45, 2.75) is 11.3 Å². The van der Waals surface area contributed by atoms with Crippen molar-refractivity contribution in [2.24, 2.45) is 5.73 Å². The van der Waals surface area contributed by atoms with Crippen LogP contribution in [0.15, 0.2) is 53.4 Å². The Hall–Kier alpha value is -2.74. The smallest absolute Gasteiger partial charge is 0.258 e. The van der Waals surface area contributed by atoms with Crippen LogP contribution in [0.1, 0.15) is 16.8 Å². The Labute approximate surface area is 145 Å². The molecule has 8 heteroatoms. The molecule has 132 valence electrons. The molecule has 6 nitrogen and oxygen atoms in total. The van der Waals surface area contributed by atoms with Gasteiger partial charge in [-0.25, -0.2) is 12.8 Å². The maximum atomic E-state index is 13.1. The first-order chi connectivity index (χ1) is 11.7. The van der Waals surface area contributed by atoms with Crippen LogP contribution in [0.5, 0.6) is 0 Å². The molecule has 0 aromatic heterocycles. The number of benzene rings is 2. The van der Waals surface area contributed by atoms with Crippen LogP contribution in [0.2, 0.25) is 0 Å². The van der Waals surface area contributed by atoms with E-state index in [4.69, 9.17) is 5.73 Å². The first-order valence-corrected chi connectivity index (χ1v) is 9.23. The maximum Gasteiger partial charge on any atom is 0.258 e. The Kier molecular flexibility index (Phi) is 5.53. The predicted octanol–water partition coefficient (Wildman–Crippen LogP) is 1.75. The van der Waals surface area contributed by atoms with Crippen LogP contribution in [0.25, 0.3) is 0 Å². The Morgan fingerprint density at radius 2 is 1.76 bits per heavy atom. The lowest BCUT2D eigenvalue weighted by Crippen LogP contribution is -2.34. The zero-order valence-corrected chi connectivity index (χ0v) is 14.3.